The molecule has 0 unspecified atom stereocenters. The maximum absolute atomic E-state index is 12.1. The van der Waals surface area contributed by atoms with E-state index in [-0.39, 0.29) is 30.6 Å². The van der Waals surface area contributed by atoms with Crippen LogP contribution in [0.2, 0.25) is 5.02 Å². The average molecular weight is 345 g/mol. The third-order valence-corrected chi connectivity index (χ3v) is 4.12. The van der Waals surface area contributed by atoms with Gasteiger partial charge in [0.15, 0.2) is 5.78 Å². The maximum Gasteiger partial charge on any atom is 0.223 e. The molecule has 1 saturated heterocycles. The van der Waals surface area contributed by atoms with Crippen LogP contribution in [0.3, 0.4) is 0 Å². The Morgan fingerprint density at radius 3 is 2.58 bits per heavy atom. The summed E-state index contributed by atoms with van der Waals surface area (Å²) in [4.78, 5) is 29.8. The van der Waals surface area contributed by atoms with Gasteiger partial charge in [-0.3, -0.25) is 14.6 Å². The van der Waals surface area contributed by atoms with Gasteiger partial charge in [0.1, 0.15) is 11.9 Å². The molecule has 1 aromatic carbocycles. The zero-order chi connectivity index (χ0) is 16.9. The van der Waals surface area contributed by atoms with Gasteiger partial charge in [0.05, 0.1) is 19.3 Å². The highest BCUT2D eigenvalue weighted by Crippen LogP contribution is 2.18. The van der Waals surface area contributed by atoms with E-state index in [2.05, 4.69) is 4.98 Å². The molecule has 0 radical (unpaired) electrons. The van der Waals surface area contributed by atoms with Gasteiger partial charge < -0.3 is 9.64 Å². The monoisotopic (exact) mass is 344 g/mol. The summed E-state index contributed by atoms with van der Waals surface area (Å²) in [6, 6.07) is 10.3. The number of likely N-dealkylation sites (tertiary alicyclic amines) is 1. The topological polar surface area (TPSA) is 59.5 Å². The van der Waals surface area contributed by atoms with Crippen LogP contribution in [0.5, 0.6) is 5.75 Å². The van der Waals surface area contributed by atoms with E-state index in [1.165, 1.54) is 0 Å². The van der Waals surface area contributed by atoms with Crippen molar-refractivity contribution >= 4 is 23.3 Å². The fourth-order valence-corrected chi connectivity index (χ4v) is 2.61. The molecule has 6 heteroatoms. The molecule has 0 N–H and O–H groups in total. The zero-order valence-corrected chi connectivity index (χ0v) is 13.8. The van der Waals surface area contributed by atoms with Crippen LogP contribution < -0.4 is 4.74 Å². The number of ether oxygens (including phenoxy) is 1. The minimum Gasteiger partial charge on any atom is -0.485 e. The van der Waals surface area contributed by atoms with Gasteiger partial charge in [-0.05, 0) is 36.4 Å². The van der Waals surface area contributed by atoms with E-state index in [9.17, 15) is 9.59 Å². The normalized spacial score (nSPS) is 14.1. The van der Waals surface area contributed by atoms with Crippen LogP contribution in [0, 0.1) is 0 Å². The molecule has 0 aliphatic carbocycles. The number of ketones is 1. The molecule has 0 bridgehead atoms. The number of Topliss-reactive ketones (excluding diaryl/α,β-unsaturated/α-hetero) is 1. The predicted molar refractivity (Wildman–Crippen MR) is 90.2 cm³/mol. The first-order chi connectivity index (χ1) is 11.6. The van der Waals surface area contributed by atoms with Crippen LogP contribution in [0.15, 0.2) is 48.8 Å². The molecule has 124 valence electrons. The van der Waals surface area contributed by atoms with E-state index in [0.29, 0.717) is 29.4 Å². The molecule has 0 spiro atoms. The quantitative estimate of drug-likeness (QED) is 0.756. The lowest BCUT2D eigenvalue weighted by Crippen LogP contribution is -2.56. The lowest BCUT2D eigenvalue weighted by atomic mass is 10.0. The van der Waals surface area contributed by atoms with Crippen molar-refractivity contribution in [3.8, 4) is 5.75 Å². The second-order valence-corrected chi connectivity index (χ2v) is 6.09. The number of aromatic nitrogens is 1. The van der Waals surface area contributed by atoms with Gasteiger partial charge in [0, 0.05) is 29.6 Å². The van der Waals surface area contributed by atoms with Crippen LogP contribution in [0.4, 0.5) is 0 Å². The van der Waals surface area contributed by atoms with Gasteiger partial charge >= 0.3 is 0 Å². The largest absolute Gasteiger partial charge is 0.485 e. The van der Waals surface area contributed by atoms with Gasteiger partial charge in [-0.25, -0.2) is 0 Å². The molecule has 2 heterocycles. The van der Waals surface area contributed by atoms with Crippen molar-refractivity contribution in [3.63, 3.8) is 0 Å². The van der Waals surface area contributed by atoms with Crippen molar-refractivity contribution in [2.24, 2.45) is 0 Å². The summed E-state index contributed by atoms with van der Waals surface area (Å²) in [7, 11) is 0. The van der Waals surface area contributed by atoms with Crippen molar-refractivity contribution in [2.75, 3.05) is 13.1 Å². The number of nitrogens with zero attached hydrogens (tertiary/aromatic N) is 2. The van der Waals surface area contributed by atoms with Gasteiger partial charge in [0.2, 0.25) is 5.91 Å². The second kappa shape index (κ2) is 7.45. The summed E-state index contributed by atoms with van der Waals surface area (Å²) in [6.45, 7) is 1.09. The standard InChI is InChI=1S/C18H17ClN2O3/c19-14-5-3-13(4-6-14)17(22)7-8-18(23)21-11-16(12-21)24-15-2-1-9-20-10-15/h1-6,9-10,16H,7-8,11-12H2. The van der Waals surface area contributed by atoms with E-state index in [1.54, 1.807) is 47.6 Å². The molecule has 1 aliphatic heterocycles. The van der Waals surface area contributed by atoms with Gasteiger partial charge in [-0.2, -0.15) is 0 Å². The number of amides is 1. The summed E-state index contributed by atoms with van der Waals surface area (Å²) < 4.78 is 5.70. The molecule has 1 aromatic heterocycles. The maximum atomic E-state index is 12.1. The van der Waals surface area contributed by atoms with Crippen molar-refractivity contribution in [2.45, 2.75) is 18.9 Å². The second-order valence-electron chi connectivity index (χ2n) is 5.66. The summed E-state index contributed by atoms with van der Waals surface area (Å²) >= 11 is 5.80. The van der Waals surface area contributed by atoms with E-state index < -0.39 is 0 Å². The molecule has 0 saturated carbocycles. The highest BCUT2D eigenvalue weighted by Gasteiger charge is 2.32. The number of rotatable bonds is 6. The SMILES string of the molecule is O=C(CCC(=O)N1CC(Oc2cccnc2)C1)c1ccc(Cl)cc1. The summed E-state index contributed by atoms with van der Waals surface area (Å²) in [5, 5.41) is 0.586. The Bertz CT molecular complexity index is 713. The van der Waals surface area contributed by atoms with Crippen molar-refractivity contribution < 1.29 is 14.3 Å². The van der Waals surface area contributed by atoms with E-state index in [4.69, 9.17) is 16.3 Å². The molecular formula is C18H17ClN2O3. The minimum atomic E-state index is -0.0521. The summed E-state index contributed by atoms with van der Waals surface area (Å²) in [5.41, 5.74) is 0.577. The number of benzene rings is 1. The van der Waals surface area contributed by atoms with Gasteiger partial charge in [-0.1, -0.05) is 11.6 Å². The number of pyridine rings is 1. The van der Waals surface area contributed by atoms with Gasteiger partial charge in [-0.15, -0.1) is 0 Å². The lowest BCUT2D eigenvalue weighted by molar-refractivity contribution is -0.139. The van der Waals surface area contributed by atoms with E-state index >= 15 is 0 Å². The third-order valence-electron chi connectivity index (χ3n) is 3.87. The van der Waals surface area contributed by atoms with E-state index in [1.807, 2.05) is 6.07 Å². The van der Waals surface area contributed by atoms with Crippen molar-refractivity contribution in [3.05, 3.63) is 59.4 Å². The molecule has 5 nitrogen and oxygen atoms in total. The lowest BCUT2D eigenvalue weighted by Gasteiger charge is -2.39. The Balaban J connectivity index is 1.40. The highest BCUT2D eigenvalue weighted by atomic mass is 35.5. The van der Waals surface area contributed by atoms with Crippen LogP contribution in [-0.4, -0.2) is 40.8 Å². The van der Waals surface area contributed by atoms with Crippen LogP contribution in [0.1, 0.15) is 23.2 Å². The number of carbonyl (C=O) groups is 2. The molecular weight excluding hydrogens is 328 g/mol. The fourth-order valence-electron chi connectivity index (χ4n) is 2.48. The first-order valence-corrected chi connectivity index (χ1v) is 8.13. The number of hydrogen-bond donors (Lipinski definition) is 0. The van der Waals surface area contributed by atoms with Crippen molar-refractivity contribution in [1.29, 1.82) is 0 Å². The number of carbonyl (C=O) groups excluding carboxylic acids is 2. The first kappa shape index (κ1) is 16.5. The highest BCUT2D eigenvalue weighted by molar-refractivity contribution is 6.30. The molecule has 24 heavy (non-hydrogen) atoms. The zero-order valence-electron chi connectivity index (χ0n) is 13.0. The predicted octanol–water partition coefficient (Wildman–Crippen LogP) is 2.99. The minimum absolute atomic E-state index is 0.00915. The molecule has 1 amide bonds. The van der Waals surface area contributed by atoms with Crippen LogP contribution in [0.25, 0.3) is 0 Å². The molecule has 0 atom stereocenters. The average Bonchev–Trinajstić information content (AvgIpc) is 2.57. The Kier molecular flexibility index (Phi) is 5.11. The summed E-state index contributed by atoms with van der Waals surface area (Å²) in [6.07, 6.45) is 3.73. The number of halogens is 1. The Hall–Kier alpha value is -2.40. The Morgan fingerprint density at radius 2 is 1.92 bits per heavy atom. The fraction of sp³-hybridized carbons (Fsp3) is 0.278. The van der Waals surface area contributed by atoms with Crippen LogP contribution >= 0.6 is 11.6 Å². The first-order valence-electron chi connectivity index (χ1n) is 7.75. The van der Waals surface area contributed by atoms with Gasteiger partial charge in [0.25, 0.3) is 0 Å². The molecule has 1 aliphatic rings. The third kappa shape index (κ3) is 4.11. The van der Waals surface area contributed by atoms with Crippen molar-refractivity contribution in [1.82, 2.24) is 9.88 Å². The smallest absolute Gasteiger partial charge is 0.223 e. The molecule has 2 aromatic rings. The molecule has 3 rings (SSSR count). The van der Waals surface area contributed by atoms with E-state index in [0.717, 1.165) is 0 Å². The van der Waals surface area contributed by atoms with Crippen LogP contribution in [-0.2, 0) is 4.79 Å². The Labute approximate surface area is 145 Å². The molecule has 1 fully saturated rings. The Morgan fingerprint density at radius 1 is 1.17 bits per heavy atom. The number of hydrogen-bond acceptors (Lipinski definition) is 4. The summed E-state index contributed by atoms with van der Waals surface area (Å²) in [5.74, 6) is 0.625.